The third-order valence-electron chi connectivity index (χ3n) is 5.98. The summed E-state index contributed by atoms with van der Waals surface area (Å²) in [6.45, 7) is 3.65. The minimum atomic E-state index is -3.70. The van der Waals surface area contributed by atoms with Crippen molar-refractivity contribution in [2.75, 3.05) is 48.8 Å². The van der Waals surface area contributed by atoms with E-state index in [-0.39, 0.29) is 10.8 Å². The maximum absolute atomic E-state index is 13.0. The van der Waals surface area contributed by atoms with Crippen LogP contribution in [0.2, 0.25) is 0 Å². The van der Waals surface area contributed by atoms with Gasteiger partial charge in [0.05, 0.1) is 23.8 Å². The molecular weight excluding hydrogens is 482 g/mol. The van der Waals surface area contributed by atoms with E-state index in [0.29, 0.717) is 17.8 Å². The zero-order chi connectivity index (χ0) is 24.8. The van der Waals surface area contributed by atoms with E-state index in [1.54, 1.807) is 60.3 Å². The molecule has 1 N–H and O–H groups in total. The van der Waals surface area contributed by atoms with Crippen molar-refractivity contribution in [1.82, 2.24) is 5.32 Å². The fourth-order valence-corrected chi connectivity index (χ4v) is 5.40. The minimum Gasteiger partial charge on any atom is -0.378 e. The van der Waals surface area contributed by atoms with E-state index in [1.807, 2.05) is 18.4 Å². The molecule has 4 rings (SSSR count). The number of carbonyl (C=O) groups is 1. The summed E-state index contributed by atoms with van der Waals surface area (Å²) in [6.07, 6.45) is 1.94. The van der Waals surface area contributed by atoms with Gasteiger partial charge in [-0.1, -0.05) is 12.1 Å². The number of ether oxygens (including phenoxy) is 1. The van der Waals surface area contributed by atoms with Gasteiger partial charge in [-0.3, -0.25) is 9.10 Å². The van der Waals surface area contributed by atoms with Gasteiger partial charge in [0, 0.05) is 42.8 Å². The Morgan fingerprint density at radius 2 is 1.60 bits per heavy atom. The highest BCUT2D eigenvalue weighted by atomic mass is 32.2. The monoisotopic (exact) mass is 511 g/mol. The molecule has 1 aliphatic rings. The molecule has 0 saturated carbocycles. The highest BCUT2D eigenvalue weighted by molar-refractivity contribution is 7.98. The predicted molar refractivity (Wildman–Crippen MR) is 141 cm³/mol. The SMILES string of the molecule is CSc1ccc(S(=O)(=O)N(C)c2ccc(C(=O)NCc3ccc(N4CCOCC4)cc3)cc2)cc1. The topological polar surface area (TPSA) is 79.0 Å². The normalized spacial score (nSPS) is 13.9. The zero-order valence-corrected chi connectivity index (χ0v) is 21.4. The summed E-state index contributed by atoms with van der Waals surface area (Å²) in [6, 6.07) is 21.5. The average molecular weight is 512 g/mol. The van der Waals surface area contributed by atoms with Gasteiger partial charge in [0.2, 0.25) is 0 Å². The quantitative estimate of drug-likeness (QED) is 0.461. The van der Waals surface area contributed by atoms with Crippen molar-refractivity contribution in [1.29, 1.82) is 0 Å². The highest BCUT2D eigenvalue weighted by Crippen LogP contribution is 2.24. The standard InChI is InChI=1S/C26H29N3O4S2/c1-28(35(31,32)25-13-11-24(34-2)12-14-25)22-9-5-21(6-10-22)26(30)27-19-20-3-7-23(8-4-20)29-15-17-33-18-16-29/h3-14H,15-19H2,1-2H3,(H,27,30). The molecular formula is C26H29N3O4S2. The van der Waals surface area contributed by atoms with Gasteiger partial charge in [0.1, 0.15) is 0 Å². The lowest BCUT2D eigenvalue weighted by atomic mass is 10.1. The first-order valence-corrected chi connectivity index (χ1v) is 14.0. The first-order valence-electron chi connectivity index (χ1n) is 11.3. The first-order chi connectivity index (χ1) is 16.9. The molecule has 0 aromatic heterocycles. The fourth-order valence-electron chi connectivity index (χ4n) is 3.80. The van der Waals surface area contributed by atoms with Crippen LogP contribution in [0.15, 0.2) is 82.6 Å². The number of amides is 1. The lowest BCUT2D eigenvalue weighted by Gasteiger charge is -2.28. The summed E-state index contributed by atoms with van der Waals surface area (Å²) in [5.74, 6) is -0.216. The maximum Gasteiger partial charge on any atom is 0.264 e. The number of carbonyl (C=O) groups excluding carboxylic acids is 1. The second-order valence-electron chi connectivity index (χ2n) is 8.14. The summed E-state index contributed by atoms with van der Waals surface area (Å²) in [4.78, 5) is 16.1. The summed E-state index contributed by atoms with van der Waals surface area (Å²) in [5.41, 5.74) is 3.10. The van der Waals surface area contributed by atoms with E-state index in [4.69, 9.17) is 4.74 Å². The van der Waals surface area contributed by atoms with E-state index in [9.17, 15) is 13.2 Å². The maximum atomic E-state index is 13.0. The lowest BCUT2D eigenvalue weighted by molar-refractivity contribution is 0.0951. The third kappa shape index (κ3) is 5.98. The molecule has 9 heteroatoms. The number of anilines is 2. The Labute approximate surface area is 211 Å². The second-order valence-corrected chi connectivity index (χ2v) is 11.0. The Bertz CT molecular complexity index is 1240. The van der Waals surface area contributed by atoms with Gasteiger partial charge in [-0.05, 0) is 72.5 Å². The van der Waals surface area contributed by atoms with Crippen molar-refractivity contribution in [2.45, 2.75) is 16.3 Å². The van der Waals surface area contributed by atoms with Crippen LogP contribution < -0.4 is 14.5 Å². The molecule has 3 aromatic rings. The van der Waals surface area contributed by atoms with Crippen LogP contribution in [0.25, 0.3) is 0 Å². The summed E-state index contributed by atoms with van der Waals surface area (Å²) >= 11 is 1.55. The number of nitrogens with one attached hydrogen (secondary N) is 1. The molecule has 3 aromatic carbocycles. The molecule has 0 radical (unpaired) electrons. The van der Waals surface area contributed by atoms with Gasteiger partial charge in [-0.2, -0.15) is 0 Å². The third-order valence-corrected chi connectivity index (χ3v) is 8.52. The van der Waals surface area contributed by atoms with Crippen LogP contribution in [-0.2, 0) is 21.3 Å². The molecule has 0 unspecified atom stereocenters. The molecule has 0 atom stereocenters. The molecule has 1 saturated heterocycles. The summed E-state index contributed by atoms with van der Waals surface area (Å²) in [5, 5.41) is 2.92. The van der Waals surface area contributed by atoms with Crippen molar-refractivity contribution in [3.63, 3.8) is 0 Å². The van der Waals surface area contributed by atoms with Crippen molar-refractivity contribution in [2.24, 2.45) is 0 Å². The van der Waals surface area contributed by atoms with Crippen molar-refractivity contribution in [3.8, 4) is 0 Å². The molecule has 7 nitrogen and oxygen atoms in total. The Balaban J connectivity index is 1.35. The van der Waals surface area contributed by atoms with E-state index in [0.717, 1.165) is 42.4 Å². The number of nitrogens with zero attached hydrogens (tertiary/aromatic N) is 2. The van der Waals surface area contributed by atoms with Crippen molar-refractivity contribution in [3.05, 3.63) is 83.9 Å². The van der Waals surface area contributed by atoms with E-state index in [1.165, 1.54) is 11.4 Å². The van der Waals surface area contributed by atoms with Crippen LogP contribution >= 0.6 is 11.8 Å². The lowest BCUT2D eigenvalue weighted by Crippen LogP contribution is -2.36. The number of hydrogen-bond donors (Lipinski definition) is 1. The molecule has 1 fully saturated rings. The van der Waals surface area contributed by atoms with Gasteiger partial charge in [-0.25, -0.2) is 8.42 Å². The van der Waals surface area contributed by atoms with Crippen molar-refractivity contribution < 1.29 is 17.9 Å². The minimum absolute atomic E-state index is 0.216. The van der Waals surface area contributed by atoms with Gasteiger partial charge >= 0.3 is 0 Å². The van der Waals surface area contributed by atoms with Crippen LogP contribution in [-0.4, -0.2) is 53.9 Å². The van der Waals surface area contributed by atoms with Crippen LogP contribution in [0.3, 0.4) is 0 Å². The van der Waals surface area contributed by atoms with Gasteiger partial charge in [0.25, 0.3) is 15.9 Å². The van der Waals surface area contributed by atoms with E-state index in [2.05, 4.69) is 22.3 Å². The molecule has 0 bridgehead atoms. The first kappa shape index (κ1) is 25.1. The second kappa shape index (κ2) is 11.2. The Hall–Kier alpha value is -3.01. The number of sulfonamides is 1. The smallest absolute Gasteiger partial charge is 0.264 e. The largest absolute Gasteiger partial charge is 0.378 e. The predicted octanol–water partition coefficient (Wildman–Crippen LogP) is 4.00. The van der Waals surface area contributed by atoms with Crippen LogP contribution in [0, 0.1) is 0 Å². The number of thioether (sulfide) groups is 1. The molecule has 35 heavy (non-hydrogen) atoms. The van der Waals surface area contributed by atoms with E-state index < -0.39 is 10.0 Å². The summed E-state index contributed by atoms with van der Waals surface area (Å²) < 4.78 is 32.5. The molecule has 184 valence electrons. The Morgan fingerprint density at radius 3 is 2.20 bits per heavy atom. The molecule has 1 aliphatic heterocycles. The van der Waals surface area contributed by atoms with Crippen molar-refractivity contribution >= 4 is 39.1 Å². The average Bonchev–Trinajstić information content (AvgIpc) is 2.92. The number of benzene rings is 3. The zero-order valence-electron chi connectivity index (χ0n) is 19.8. The Morgan fingerprint density at radius 1 is 0.971 bits per heavy atom. The van der Waals surface area contributed by atoms with Gasteiger partial charge < -0.3 is 15.0 Å². The van der Waals surface area contributed by atoms with E-state index >= 15 is 0 Å². The number of rotatable bonds is 8. The molecule has 1 heterocycles. The number of morpholine rings is 1. The van der Waals surface area contributed by atoms with Crippen LogP contribution in [0.5, 0.6) is 0 Å². The molecule has 0 spiro atoms. The van der Waals surface area contributed by atoms with Gasteiger partial charge in [-0.15, -0.1) is 11.8 Å². The van der Waals surface area contributed by atoms with Gasteiger partial charge in [0.15, 0.2) is 0 Å². The fraction of sp³-hybridized carbons (Fsp3) is 0.269. The molecule has 1 amide bonds. The summed E-state index contributed by atoms with van der Waals surface area (Å²) in [7, 11) is -2.19. The highest BCUT2D eigenvalue weighted by Gasteiger charge is 2.21. The Kier molecular flexibility index (Phi) is 8.00. The van der Waals surface area contributed by atoms with Crippen LogP contribution in [0.1, 0.15) is 15.9 Å². The number of hydrogen-bond acceptors (Lipinski definition) is 6. The van der Waals surface area contributed by atoms with Crippen LogP contribution in [0.4, 0.5) is 11.4 Å². The molecule has 0 aliphatic carbocycles.